The van der Waals surface area contributed by atoms with Crippen LogP contribution in [0.4, 0.5) is 23.2 Å². The molecule has 0 atom stereocenters. The molecule has 5 rings (SSSR count). The number of methoxy groups -OCH3 is 1. The van der Waals surface area contributed by atoms with Crippen LogP contribution in [0.25, 0.3) is 21.9 Å². The smallest absolute Gasteiger partial charge is 0.405 e. The number of carbonyl (C=O) groups is 2. The molecule has 1 saturated heterocycles. The van der Waals surface area contributed by atoms with Gasteiger partial charge in [-0.05, 0) is 91.0 Å². The minimum absolute atomic E-state index is 0.0534. The van der Waals surface area contributed by atoms with Gasteiger partial charge in [0.05, 0.1) is 18.2 Å². The minimum Gasteiger partial charge on any atom is -0.496 e. The van der Waals surface area contributed by atoms with Gasteiger partial charge in [0.2, 0.25) is 0 Å². The van der Waals surface area contributed by atoms with Crippen LogP contribution in [0.2, 0.25) is 0 Å². The Kier molecular flexibility index (Phi) is 12.8. The number of fused-ring (bicyclic) bond motifs is 1. The van der Waals surface area contributed by atoms with E-state index in [1.165, 1.54) is 32.3 Å². The van der Waals surface area contributed by atoms with E-state index in [0.717, 1.165) is 64.7 Å². The highest BCUT2D eigenvalue weighted by molar-refractivity contribution is 6.01. The molecular weight excluding hydrogens is 642 g/mol. The number of anilines is 1. The number of piperidine rings is 1. The molecule has 1 aliphatic heterocycles. The Balaban J connectivity index is 0.000000269. The van der Waals surface area contributed by atoms with E-state index in [0.29, 0.717) is 13.0 Å². The van der Waals surface area contributed by atoms with Gasteiger partial charge in [-0.15, -0.1) is 0 Å². The van der Waals surface area contributed by atoms with Crippen LogP contribution in [0.15, 0.2) is 66.7 Å². The van der Waals surface area contributed by atoms with Crippen molar-refractivity contribution in [1.29, 1.82) is 0 Å². The molecule has 4 N–H and O–H groups in total. The average Bonchev–Trinajstić information content (AvgIpc) is 3.06. The molecule has 0 aliphatic carbocycles. The second-order valence-corrected chi connectivity index (χ2v) is 11.8. The lowest BCUT2D eigenvalue weighted by Gasteiger charge is -2.26. The first-order chi connectivity index (χ1) is 23.4. The molecule has 262 valence electrons. The number of benzene rings is 4. The van der Waals surface area contributed by atoms with Gasteiger partial charge in [-0.3, -0.25) is 14.5 Å². The monoisotopic (exact) mass is 683 g/mol. The Labute approximate surface area is 282 Å². The molecule has 1 fully saturated rings. The summed E-state index contributed by atoms with van der Waals surface area (Å²) in [6, 6.07) is 20.2. The molecule has 12 heteroatoms. The van der Waals surface area contributed by atoms with E-state index in [2.05, 4.69) is 23.1 Å². The number of likely N-dealkylation sites (tertiary alicyclic amines) is 1. The third-order valence-corrected chi connectivity index (χ3v) is 8.24. The molecule has 0 saturated carbocycles. The lowest BCUT2D eigenvalue weighted by molar-refractivity contribution is -0.137. The number of carboxylic acids is 1. The van der Waals surface area contributed by atoms with Gasteiger partial charge < -0.3 is 25.6 Å². The summed E-state index contributed by atoms with van der Waals surface area (Å²) in [7, 11) is 1.68. The van der Waals surface area contributed by atoms with E-state index in [4.69, 9.17) is 20.3 Å². The Morgan fingerprint density at radius 1 is 0.959 bits per heavy atom. The van der Waals surface area contributed by atoms with Gasteiger partial charge in [0, 0.05) is 18.7 Å². The van der Waals surface area contributed by atoms with E-state index in [9.17, 15) is 27.2 Å². The second kappa shape index (κ2) is 17.0. The van der Waals surface area contributed by atoms with Crippen LogP contribution in [0.5, 0.6) is 11.5 Å². The maximum atomic E-state index is 13.4. The second-order valence-electron chi connectivity index (χ2n) is 11.8. The number of nitrogens with one attached hydrogen (secondary N) is 1. The summed E-state index contributed by atoms with van der Waals surface area (Å²) in [5, 5.41) is 13.3. The number of rotatable bonds is 12. The fraction of sp³-hybridized carbons (Fsp3) is 0.351. The molecule has 4 aromatic rings. The quantitative estimate of drug-likeness (QED) is 0.132. The van der Waals surface area contributed by atoms with Crippen molar-refractivity contribution in [3.05, 3.63) is 89.2 Å². The maximum Gasteiger partial charge on any atom is 0.405 e. The highest BCUT2D eigenvalue weighted by Crippen LogP contribution is 2.42. The first kappa shape index (κ1) is 37.0. The number of hydrogen-bond acceptors (Lipinski definition) is 6. The van der Waals surface area contributed by atoms with E-state index in [1.807, 2.05) is 41.7 Å². The standard InChI is InChI=1S/C27H31NO4.C10H10F4N2O/c1-31-24-12-7-13-25(32-19-18-28-16-3-2-4-17-28)27(24)23-11-6-9-21-20(14-15-26(29)30)8-5-10-22(21)23;1-5-2-6(16-4-10(12,13)14)3-7(11)8(5)9(15)17/h5-13H,2-4,14-19H2,1H3,(H,29,30);2-3,16H,4H2,1H3,(H2,15,17). The first-order valence-corrected chi connectivity index (χ1v) is 16.0. The Bertz CT molecular complexity index is 1730. The number of aliphatic carboxylic acids is 1. The summed E-state index contributed by atoms with van der Waals surface area (Å²) in [6.07, 6.45) is 0.0824. The van der Waals surface area contributed by atoms with Crippen molar-refractivity contribution in [1.82, 2.24) is 4.90 Å². The number of amides is 1. The molecule has 0 aromatic heterocycles. The van der Waals surface area contributed by atoms with Crippen LogP contribution in [0.1, 0.15) is 47.2 Å². The van der Waals surface area contributed by atoms with Crippen molar-refractivity contribution < 1.29 is 41.7 Å². The molecule has 49 heavy (non-hydrogen) atoms. The van der Waals surface area contributed by atoms with Crippen LogP contribution in [-0.2, 0) is 11.2 Å². The largest absolute Gasteiger partial charge is 0.496 e. The van der Waals surface area contributed by atoms with Crippen LogP contribution < -0.4 is 20.5 Å². The summed E-state index contributed by atoms with van der Waals surface area (Å²) in [5.41, 5.74) is 7.75. The van der Waals surface area contributed by atoms with Crippen LogP contribution in [0.3, 0.4) is 0 Å². The van der Waals surface area contributed by atoms with Crippen molar-refractivity contribution in [3.63, 3.8) is 0 Å². The van der Waals surface area contributed by atoms with Gasteiger partial charge in [-0.25, -0.2) is 4.39 Å². The highest BCUT2D eigenvalue weighted by atomic mass is 19.4. The zero-order valence-electron chi connectivity index (χ0n) is 27.5. The summed E-state index contributed by atoms with van der Waals surface area (Å²) in [6.45, 7) is 3.97. The zero-order chi connectivity index (χ0) is 35.6. The summed E-state index contributed by atoms with van der Waals surface area (Å²) in [4.78, 5) is 24.4. The number of hydrogen-bond donors (Lipinski definition) is 3. The summed E-state index contributed by atoms with van der Waals surface area (Å²) < 4.78 is 61.1. The number of carbonyl (C=O) groups excluding carboxylic acids is 1. The lowest BCUT2D eigenvalue weighted by Crippen LogP contribution is -2.33. The number of carboxylic acid groups (broad SMARTS) is 1. The summed E-state index contributed by atoms with van der Waals surface area (Å²) in [5.74, 6) is -1.11. The number of ether oxygens (including phenoxy) is 2. The summed E-state index contributed by atoms with van der Waals surface area (Å²) >= 11 is 0. The molecule has 1 amide bonds. The predicted molar refractivity (Wildman–Crippen MR) is 182 cm³/mol. The predicted octanol–water partition coefficient (Wildman–Crippen LogP) is 7.60. The van der Waals surface area contributed by atoms with Gasteiger partial charge >= 0.3 is 12.1 Å². The highest BCUT2D eigenvalue weighted by Gasteiger charge is 2.27. The van der Waals surface area contributed by atoms with Crippen LogP contribution in [-0.4, -0.2) is 68.0 Å². The molecule has 1 heterocycles. The van der Waals surface area contributed by atoms with Crippen molar-refractivity contribution in [2.45, 2.75) is 45.2 Å². The Hall–Kier alpha value is -4.84. The van der Waals surface area contributed by atoms with E-state index in [1.54, 1.807) is 7.11 Å². The van der Waals surface area contributed by atoms with Crippen molar-refractivity contribution >= 4 is 28.3 Å². The van der Waals surface area contributed by atoms with Gasteiger partial charge in [0.15, 0.2) is 0 Å². The normalized spacial score (nSPS) is 13.3. The fourth-order valence-corrected chi connectivity index (χ4v) is 5.95. The maximum absolute atomic E-state index is 13.4. The molecule has 8 nitrogen and oxygen atoms in total. The molecular formula is C37H41F4N3O5. The lowest BCUT2D eigenvalue weighted by atomic mass is 9.93. The average molecular weight is 684 g/mol. The topological polar surface area (TPSA) is 114 Å². The molecule has 0 spiro atoms. The number of aryl methyl sites for hydroxylation is 2. The SMILES string of the molecule is COc1cccc(OCCN2CCCCC2)c1-c1cccc2c(CCC(=O)O)cccc12.Cc1cc(NCC(F)(F)F)cc(F)c1C(N)=O. The van der Waals surface area contributed by atoms with E-state index < -0.39 is 30.4 Å². The molecule has 1 aliphatic rings. The molecule has 0 bridgehead atoms. The number of nitrogens with two attached hydrogens (primary N) is 1. The number of alkyl halides is 3. The van der Waals surface area contributed by atoms with Gasteiger partial charge in [-0.2, -0.15) is 13.2 Å². The van der Waals surface area contributed by atoms with Crippen LogP contribution in [0, 0.1) is 12.7 Å². The molecule has 4 aromatic carbocycles. The molecule has 0 unspecified atom stereocenters. The van der Waals surface area contributed by atoms with Crippen LogP contribution >= 0.6 is 0 Å². The van der Waals surface area contributed by atoms with Crippen molar-refractivity contribution in [3.8, 4) is 22.6 Å². The zero-order valence-corrected chi connectivity index (χ0v) is 27.5. The molecule has 0 radical (unpaired) electrons. The van der Waals surface area contributed by atoms with Gasteiger partial charge in [0.1, 0.15) is 30.5 Å². The minimum atomic E-state index is -4.40. The van der Waals surface area contributed by atoms with Gasteiger partial charge in [0.25, 0.3) is 5.91 Å². The Morgan fingerprint density at radius 3 is 2.29 bits per heavy atom. The fourth-order valence-electron chi connectivity index (χ4n) is 5.95. The third kappa shape index (κ3) is 10.3. The van der Waals surface area contributed by atoms with E-state index in [-0.39, 0.29) is 23.2 Å². The van der Waals surface area contributed by atoms with E-state index >= 15 is 0 Å². The van der Waals surface area contributed by atoms with Gasteiger partial charge in [-0.1, -0.05) is 48.9 Å². The first-order valence-electron chi connectivity index (χ1n) is 16.0. The Morgan fingerprint density at radius 2 is 1.63 bits per heavy atom. The van der Waals surface area contributed by atoms with Crippen molar-refractivity contribution in [2.24, 2.45) is 5.73 Å². The number of nitrogens with zero attached hydrogens (tertiary/aromatic N) is 1. The number of halogens is 4. The van der Waals surface area contributed by atoms with Crippen molar-refractivity contribution in [2.75, 3.05) is 45.2 Å². The third-order valence-electron chi connectivity index (χ3n) is 8.24. The number of primary amides is 1.